The van der Waals surface area contributed by atoms with Gasteiger partial charge in [-0.15, -0.1) is 0 Å². The van der Waals surface area contributed by atoms with Crippen LogP contribution in [0.3, 0.4) is 0 Å². The van der Waals surface area contributed by atoms with Crippen LogP contribution in [-0.2, 0) is 9.59 Å². The van der Waals surface area contributed by atoms with Crippen molar-refractivity contribution in [2.75, 3.05) is 27.2 Å². The summed E-state index contributed by atoms with van der Waals surface area (Å²) in [5, 5.41) is 2.89. The Morgan fingerprint density at radius 3 is 2.53 bits per heavy atom. The lowest BCUT2D eigenvalue weighted by molar-refractivity contribution is -0.134. The zero-order chi connectivity index (χ0) is 14.0. The van der Waals surface area contributed by atoms with Crippen molar-refractivity contribution in [3.8, 4) is 0 Å². The Bertz CT molecular complexity index is 355. The van der Waals surface area contributed by atoms with Crippen LogP contribution in [0.15, 0.2) is 0 Å². The molecular weight excluding hydrogens is 242 g/mol. The maximum absolute atomic E-state index is 12.3. The van der Waals surface area contributed by atoms with Crippen LogP contribution in [-0.4, -0.2) is 60.9 Å². The topological polar surface area (TPSA) is 52.7 Å². The van der Waals surface area contributed by atoms with E-state index in [0.29, 0.717) is 6.42 Å². The molecular formula is C14H25N3O2. The second kappa shape index (κ2) is 5.90. The SMILES string of the molecule is CC(C(=O)N(C)CCN(C)C1CC1)C1CCC(=O)N1. The van der Waals surface area contributed by atoms with Gasteiger partial charge in [0.25, 0.3) is 0 Å². The third-order valence-corrected chi connectivity index (χ3v) is 4.36. The van der Waals surface area contributed by atoms with Crippen LogP contribution < -0.4 is 5.32 Å². The Balaban J connectivity index is 1.75. The van der Waals surface area contributed by atoms with Gasteiger partial charge in [-0.05, 0) is 26.3 Å². The van der Waals surface area contributed by atoms with Crippen molar-refractivity contribution in [1.82, 2.24) is 15.1 Å². The van der Waals surface area contributed by atoms with Crippen molar-refractivity contribution in [3.05, 3.63) is 0 Å². The summed E-state index contributed by atoms with van der Waals surface area (Å²) < 4.78 is 0. The molecule has 1 heterocycles. The minimum Gasteiger partial charge on any atom is -0.353 e. The highest BCUT2D eigenvalue weighted by atomic mass is 16.2. The van der Waals surface area contributed by atoms with Crippen LogP contribution in [0.5, 0.6) is 0 Å². The number of hydrogen-bond donors (Lipinski definition) is 1. The van der Waals surface area contributed by atoms with Gasteiger partial charge in [0.2, 0.25) is 11.8 Å². The first-order chi connectivity index (χ1) is 8.99. The minimum atomic E-state index is -0.123. The summed E-state index contributed by atoms with van der Waals surface area (Å²) in [7, 11) is 3.98. The highest BCUT2D eigenvalue weighted by Gasteiger charge is 2.32. The van der Waals surface area contributed by atoms with Gasteiger partial charge in [-0.2, -0.15) is 0 Å². The Hall–Kier alpha value is -1.10. The van der Waals surface area contributed by atoms with E-state index in [1.807, 2.05) is 14.0 Å². The highest BCUT2D eigenvalue weighted by molar-refractivity contribution is 5.83. The molecule has 1 saturated heterocycles. The van der Waals surface area contributed by atoms with Crippen molar-refractivity contribution >= 4 is 11.8 Å². The molecule has 0 aromatic carbocycles. The third kappa shape index (κ3) is 3.69. The first-order valence-electron chi connectivity index (χ1n) is 7.23. The molecule has 1 saturated carbocycles. The molecule has 19 heavy (non-hydrogen) atoms. The van der Waals surface area contributed by atoms with Crippen LogP contribution in [0.25, 0.3) is 0 Å². The number of carbonyl (C=O) groups excluding carboxylic acids is 2. The second-order valence-electron chi connectivity index (χ2n) is 5.97. The van der Waals surface area contributed by atoms with Gasteiger partial charge in [0, 0.05) is 38.6 Å². The van der Waals surface area contributed by atoms with E-state index in [1.165, 1.54) is 12.8 Å². The van der Waals surface area contributed by atoms with Crippen molar-refractivity contribution in [3.63, 3.8) is 0 Å². The van der Waals surface area contributed by atoms with E-state index >= 15 is 0 Å². The molecule has 2 fully saturated rings. The van der Waals surface area contributed by atoms with Crippen molar-refractivity contribution < 1.29 is 9.59 Å². The average molecular weight is 267 g/mol. The van der Waals surface area contributed by atoms with Crippen LogP contribution >= 0.6 is 0 Å². The van der Waals surface area contributed by atoms with E-state index in [9.17, 15) is 9.59 Å². The quantitative estimate of drug-likeness (QED) is 0.760. The van der Waals surface area contributed by atoms with E-state index in [-0.39, 0.29) is 23.8 Å². The van der Waals surface area contributed by atoms with Gasteiger partial charge >= 0.3 is 0 Å². The molecule has 2 atom stereocenters. The zero-order valence-electron chi connectivity index (χ0n) is 12.2. The fourth-order valence-electron chi connectivity index (χ4n) is 2.65. The first-order valence-corrected chi connectivity index (χ1v) is 7.23. The standard InChI is InChI=1S/C14H25N3O2/c1-10(12-6-7-13(18)15-12)14(19)17(3)9-8-16(2)11-4-5-11/h10-12H,4-9H2,1-3H3,(H,15,18). The first kappa shape index (κ1) is 14.3. The normalized spacial score (nSPS) is 24.4. The van der Waals surface area contributed by atoms with Gasteiger partial charge in [0.05, 0.1) is 5.92 Å². The van der Waals surface area contributed by atoms with E-state index in [2.05, 4.69) is 17.3 Å². The summed E-state index contributed by atoms with van der Waals surface area (Å²) >= 11 is 0. The largest absolute Gasteiger partial charge is 0.353 e. The monoisotopic (exact) mass is 267 g/mol. The minimum absolute atomic E-state index is 0.0172. The van der Waals surface area contributed by atoms with Crippen molar-refractivity contribution in [2.45, 2.75) is 44.7 Å². The smallest absolute Gasteiger partial charge is 0.227 e. The molecule has 108 valence electrons. The average Bonchev–Trinajstić information content (AvgIpc) is 3.16. The Kier molecular flexibility index (Phi) is 4.45. The number of hydrogen-bond acceptors (Lipinski definition) is 3. The lowest BCUT2D eigenvalue weighted by Crippen LogP contribution is -2.44. The molecule has 2 unspecified atom stereocenters. The molecule has 0 aromatic heterocycles. The Morgan fingerprint density at radius 1 is 1.32 bits per heavy atom. The fourth-order valence-corrected chi connectivity index (χ4v) is 2.65. The van der Waals surface area contributed by atoms with E-state index in [4.69, 9.17) is 0 Å². The molecule has 0 spiro atoms. The van der Waals surface area contributed by atoms with Gasteiger partial charge < -0.3 is 15.1 Å². The molecule has 1 aliphatic heterocycles. The van der Waals surface area contributed by atoms with Crippen LogP contribution in [0.1, 0.15) is 32.6 Å². The number of carbonyl (C=O) groups is 2. The number of nitrogens with one attached hydrogen (secondary N) is 1. The zero-order valence-corrected chi connectivity index (χ0v) is 12.2. The van der Waals surface area contributed by atoms with E-state index < -0.39 is 0 Å². The number of likely N-dealkylation sites (N-methyl/N-ethyl adjacent to an activating group) is 2. The molecule has 0 bridgehead atoms. The molecule has 2 amide bonds. The molecule has 1 N–H and O–H groups in total. The van der Waals surface area contributed by atoms with Crippen LogP contribution in [0.2, 0.25) is 0 Å². The van der Waals surface area contributed by atoms with Crippen molar-refractivity contribution in [1.29, 1.82) is 0 Å². The Labute approximate surface area is 115 Å². The number of rotatable bonds is 6. The molecule has 5 heteroatoms. The lowest BCUT2D eigenvalue weighted by atomic mass is 9.99. The molecule has 2 aliphatic rings. The fraction of sp³-hybridized carbons (Fsp3) is 0.857. The maximum Gasteiger partial charge on any atom is 0.227 e. The van der Waals surface area contributed by atoms with Crippen LogP contribution in [0, 0.1) is 5.92 Å². The predicted octanol–water partition coefficient (Wildman–Crippen LogP) is 0.454. The molecule has 0 aromatic rings. The summed E-state index contributed by atoms with van der Waals surface area (Å²) in [6.07, 6.45) is 3.91. The van der Waals surface area contributed by atoms with Gasteiger partial charge in [0.1, 0.15) is 0 Å². The second-order valence-corrected chi connectivity index (χ2v) is 5.97. The summed E-state index contributed by atoms with van der Waals surface area (Å²) in [6.45, 7) is 3.60. The van der Waals surface area contributed by atoms with E-state index in [0.717, 1.165) is 25.6 Å². The third-order valence-electron chi connectivity index (χ3n) is 4.36. The number of amides is 2. The van der Waals surface area contributed by atoms with Crippen molar-refractivity contribution in [2.24, 2.45) is 5.92 Å². The van der Waals surface area contributed by atoms with Crippen LogP contribution in [0.4, 0.5) is 0 Å². The summed E-state index contributed by atoms with van der Waals surface area (Å²) in [5.41, 5.74) is 0. The predicted molar refractivity (Wildman–Crippen MR) is 73.6 cm³/mol. The highest BCUT2D eigenvalue weighted by Crippen LogP contribution is 2.25. The van der Waals surface area contributed by atoms with Gasteiger partial charge in [-0.25, -0.2) is 0 Å². The van der Waals surface area contributed by atoms with Gasteiger partial charge in [0.15, 0.2) is 0 Å². The lowest BCUT2D eigenvalue weighted by Gasteiger charge is -2.27. The maximum atomic E-state index is 12.3. The number of nitrogens with zero attached hydrogens (tertiary/aromatic N) is 2. The summed E-state index contributed by atoms with van der Waals surface area (Å²) in [4.78, 5) is 27.6. The molecule has 2 rings (SSSR count). The van der Waals surface area contributed by atoms with Gasteiger partial charge in [-0.1, -0.05) is 6.92 Å². The molecule has 5 nitrogen and oxygen atoms in total. The van der Waals surface area contributed by atoms with E-state index in [1.54, 1.807) is 4.90 Å². The Morgan fingerprint density at radius 2 is 2.00 bits per heavy atom. The summed E-state index contributed by atoms with van der Waals surface area (Å²) in [6, 6.07) is 0.749. The van der Waals surface area contributed by atoms with Gasteiger partial charge in [-0.3, -0.25) is 9.59 Å². The molecule has 1 aliphatic carbocycles. The molecule has 0 radical (unpaired) electrons. The summed E-state index contributed by atoms with van der Waals surface area (Å²) in [5.74, 6) is 0.0832.